The first kappa shape index (κ1) is 15.4. The van der Waals surface area contributed by atoms with Crippen LogP contribution in [0, 0.1) is 25.2 Å². The molecule has 2 fully saturated rings. The minimum atomic E-state index is -0.105. The maximum atomic E-state index is 12.8. The topological polar surface area (TPSA) is 66.3 Å². The molecule has 0 bridgehead atoms. The molecule has 120 valence electrons. The molecule has 1 aromatic heterocycles. The second-order valence-corrected chi connectivity index (χ2v) is 7.08. The SMILES string of the molecule is Cc1cc(C(=O)N2CCCC(CO)(CC3CC3)C2)nc(C)n1. The van der Waals surface area contributed by atoms with Crippen molar-refractivity contribution in [1.29, 1.82) is 0 Å². The zero-order valence-electron chi connectivity index (χ0n) is 13.5. The standard InChI is InChI=1S/C17H25N3O2/c1-12-8-15(19-13(2)18-12)16(22)20-7-3-6-17(10-20,11-21)9-14-4-5-14/h8,14,21H,3-7,9-11H2,1-2H3. The van der Waals surface area contributed by atoms with Crippen molar-refractivity contribution in [2.24, 2.45) is 11.3 Å². The van der Waals surface area contributed by atoms with Crippen molar-refractivity contribution in [1.82, 2.24) is 14.9 Å². The zero-order chi connectivity index (χ0) is 15.7. The molecule has 2 aliphatic rings. The minimum absolute atomic E-state index is 0.0260. The number of piperidine rings is 1. The van der Waals surface area contributed by atoms with Gasteiger partial charge < -0.3 is 10.0 Å². The highest BCUT2D eigenvalue weighted by Gasteiger charge is 2.41. The van der Waals surface area contributed by atoms with Crippen LogP contribution in [0.5, 0.6) is 0 Å². The third kappa shape index (κ3) is 3.29. The van der Waals surface area contributed by atoms with Crippen molar-refractivity contribution in [3.8, 4) is 0 Å². The van der Waals surface area contributed by atoms with Crippen LogP contribution >= 0.6 is 0 Å². The summed E-state index contributed by atoms with van der Waals surface area (Å²) in [5.41, 5.74) is 1.19. The Kier molecular flexibility index (Phi) is 4.17. The molecule has 1 saturated carbocycles. The van der Waals surface area contributed by atoms with Crippen molar-refractivity contribution in [2.75, 3.05) is 19.7 Å². The summed E-state index contributed by atoms with van der Waals surface area (Å²) in [6.45, 7) is 5.28. The maximum Gasteiger partial charge on any atom is 0.272 e. The lowest BCUT2D eigenvalue weighted by atomic mass is 9.76. The molecule has 3 rings (SSSR count). The zero-order valence-corrected chi connectivity index (χ0v) is 13.5. The second-order valence-electron chi connectivity index (χ2n) is 7.08. The Hall–Kier alpha value is -1.49. The summed E-state index contributed by atoms with van der Waals surface area (Å²) in [5, 5.41) is 9.91. The van der Waals surface area contributed by atoms with E-state index in [1.54, 1.807) is 6.07 Å². The molecule has 1 aromatic rings. The van der Waals surface area contributed by atoms with Crippen LogP contribution in [-0.4, -0.2) is 45.6 Å². The first-order chi connectivity index (χ1) is 10.5. The number of aromatic nitrogens is 2. The Morgan fingerprint density at radius 1 is 1.41 bits per heavy atom. The molecule has 2 heterocycles. The van der Waals surface area contributed by atoms with Gasteiger partial charge in [-0.05, 0) is 45.1 Å². The van der Waals surface area contributed by atoms with Crippen molar-refractivity contribution >= 4 is 5.91 Å². The number of nitrogens with zero attached hydrogens (tertiary/aromatic N) is 3. The van der Waals surface area contributed by atoms with Crippen LogP contribution in [0.3, 0.4) is 0 Å². The van der Waals surface area contributed by atoms with Gasteiger partial charge in [-0.15, -0.1) is 0 Å². The summed E-state index contributed by atoms with van der Waals surface area (Å²) >= 11 is 0. The summed E-state index contributed by atoms with van der Waals surface area (Å²) in [5.74, 6) is 1.36. The Labute approximate surface area is 131 Å². The van der Waals surface area contributed by atoms with E-state index in [2.05, 4.69) is 9.97 Å². The number of aryl methyl sites for hydroxylation is 2. The molecular weight excluding hydrogens is 278 g/mol. The van der Waals surface area contributed by atoms with E-state index in [0.29, 0.717) is 18.1 Å². The van der Waals surface area contributed by atoms with E-state index >= 15 is 0 Å². The number of hydrogen-bond acceptors (Lipinski definition) is 4. The van der Waals surface area contributed by atoms with E-state index in [9.17, 15) is 9.90 Å². The number of rotatable bonds is 4. The third-order valence-corrected chi connectivity index (χ3v) is 4.89. The highest BCUT2D eigenvalue weighted by Crippen LogP contribution is 2.44. The highest BCUT2D eigenvalue weighted by molar-refractivity contribution is 5.92. The van der Waals surface area contributed by atoms with Gasteiger partial charge in [0.25, 0.3) is 5.91 Å². The molecule has 1 aliphatic heterocycles. The van der Waals surface area contributed by atoms with Gasteiger partial charge in [-0.25, -0.2) is 9.97 Å². The molecule has 1 unspecified atom stereocenters. The largest absolute Gasteiger partial charge is 0.396 e. The average Bonchev–Trinajstić information content (AvgIpc) is 3.29. The van der Waals surface area contributed by atoms with E-state index < -0.39 is 0 Å². The lowest BCUT2D eigenvalue weighted by molar-refractivity contribution is 0.0192. The molecule has 0 aromatic carbocycles. The predicted molar refractivity (Wildman–Crippen MR) is 83.5 cm³/mol. The van der Waals surface area contributed by atoms with E-state index in [1.165, 1.54) is 12.8 Å². The van der Waals surface area contributed by atoms with E-state index in [1.807, 2.05) is 18.7 Å². The Morgan fingerprint density at radius 3 is 2.82 bits per heavy atom. The molecule has 22 heavy (non-hydrogen) atoms. The first-order valence-corrected chi connectivity index (χ1v) is 8.24. The van der Waals surface area contributed by atoms with Gasteiger partial charge in [-0.1, -0.05) is 12.8 Å². The Balaban J connectivity index is 1.76. The number of amides is 1. The van der Waals surface area contributed by atoms with Gasteiger partial charge in [0, 0.05) is 24.2 Å². The van der Waals surface area contributed by atoms with Crippen LogP contribution in [0.25, 0.3) is 0 Å². The molecule has 1 aliphatic carbocycles. The molecule has 5 heteroatoms. The highest BCUT2D eigenvalue weighted by atomic mass is 16.3. The summed E-state index contributed by atoms with van der Waals surface area (Å²) in [7, 11) is 0. The molecule has 5 nitrogen and oxygen atoms in total. The Bertz CT molecular complexity index is 551. The number of hydrogen-bond donors (Lipinski definition) is 1. The van der Waals surface area contributed by atoms with Gasteiger partial charge in [-0.2, -0.15) is 0 Å². The Morgan fingerprint density at radius 2 is 2.18 bits per heavy atom. The van der Waals surface area contributed by atoms with E-state index in [4.69, 9.17) is 0 Å². The fourth-order valence-corrected chi connectivity index (χ4v) is 3.66. The lowest BCUT2D eigenvalue weighted by Gasteiger charge is -2.42. The summed E-state index contributed by atoms with van der Waals surface area (Å²) < 4.78 is 0. The predicted octanol–water partition coefficient (Wildman–Crippen LogP) is 2.11. The number of likely N-dealkylation sites (tertiary alicyclic amines) is 1. The second kappa shape index (κ2) is 5.95. The fraction of sp³-hybridized carbons (Fsp3) is 0.706. The number of carbonyl (C=O) groups is 1. The van der Waals surface area contributed by atoms with Gasteiger partial charge >= 0.3 is 0 Å². The van der Waals surface area contributed by atoms with Crippen LogP contribution < -0.4 is 0 Å². The maximum absolute atomic E-state index is 12.8. The van der Waals surface area contributed by atoms with Crippen molar-refractivity contribution in [3.63, 3.8) is 0 Å². The molecule has 1 amide bonds. The minimum Gasteiger partial charge on any atom is -0.396 e. The van der Waals surface area contributed by atoms with Gasteiger partial charge in [0.1, 0.15) is 11.5 Å². The van der Waals surface area contributed by atoms with Crippen LogP contribution in [0.4, 0.5) is 0 Å². The number of carbonyl (C=O) groups excluding carboxylic acids is 1. The number of aliphatic hydroxyl groups excluding tert-OH is 1. The molecule has 1 atom stereocenters. The van der Waals surface area contributed by atoms with Gasteiger partial charge in [-0.3, -0.25) is 4.79 Å². The monoisotopic (exact) mass is 303 g/mol. The fourth-order valence-electron chi connectivity index (χ4n) is 3.66. The average molecular weight is 303 g/mol. The van der Waals surface area contributed by atoms with Crippen LogP contribution in [0.15, 0.2) is 6.07 Å². The quantitative estimate of drug-likeness (QED) is 0.925. The van der Waals surface area contributed by atoms with Crippen LogP contribution in [0.1, 0.15) is 54.1 Å². The van der Waals surface area contributed by atoms with Gasteiger partial charge in [0.2, 0.25) is 0 Å². The van der Waals surface area contributed by atoms with Crippen LogP contribution in [-0.2, 0) is 0 Å². The van der Waals surface area contributed by atoms with Crippen LogP contribution in [0.2, 0.25) is 0 Å². The summed E-state index contributed by atoms with van der Waals surface area (Å²) in [6.07, 6.45) is 5.59. The normalized spacial score (nSPS) is 25.3. The van der Waals surface area contributed by atoms with Crippen molar-refractivity contribution in [3.05, 3.63) is 23.3 Å². The van der Waals surface area contributed by atoms with Gasteiger partial charge in [0.15, 0.2) is 0 Å². The first-order valence-electron chi connectivity index (χ1n) is 8.24. The molecule has 0 radical (unpaired) electrons. The molecule has 1 N–H and O–H groups in total. The molecule has 1 saturated heterocycles. The summed E-state index contributed by atoms with van der Waals surface area (Å²) in [6, 6.07) is 1.76. The smallest absolute Gasteiger partial charge is 0.272 e. The van der Waals surface area contributed by atoms with Crippen molar-refractivity contribution in [2.45, 2.75) is 46.0 Å². The van der Waals surface area contributed by atoms with Crippen molar-refractivity contribution < 1.29 is 9.90 Å². The van der Waals surface area contributed by atoms with E-state index in [0.717, 1.165) is 37.4 Å². The number of aliphatic hydroxyl groups is 1. The summed E-state index contributed by atoms with van der Waals surface area (Å²) in [4.78, 5) is 23.2. The molecule has 0 spiro atoms. The lowest BCUT2D eigenvalue weighted by Crippen LogP contribution is -2.48. The molecular formula is C17H25N3O2. The van der Waals surface area contributed by atoms with Gasteiger partial charge in [0.05, 0.1) is 6.61 Å². The van der Waals surface area contributed by atoms with E-state index in [-0.39, 0.29) is 17.9 Å². The third-order valence-electron chi connectivity index (χ3n) is 4.89.